The molecule has 0 unspecified atom stereocenters. The predicted molar refractivity (Wildman–Crippen MR) is 241 cm³/mol. The van der Waals surface area contributed by atoms with Crippen molar-refractivity contribution in [2.24, 2.45) is 0 Å². The first-order valence-corrected chi connectivity index (χ1v) is 20.4. The number of fused-ring (bicyclic) bond motifs is 17. The van der Waals surface area contributed by atoms with Crippen LogP contribution in [0.2, 0.25) is 0 Å². The average Bonchev–Trinajstić information content (AvgIpc) is 4.00. The zero-order valence-electron chi connectivity index (χ0n) is 30.8. The highest BCUT2D eigenvalue weighted by molar-refractivity contribution is 7.25. The van der Waals surface area contributed by atoms with Gasteiger partial charge in [-0.3, -0.25) is 4.57 Å². The van der Waals surface area contributed by atoms with Crippen LogP contribution in [0.5, 0.6) is 0 Å². The summed E-state index contributed by atoms with van der Waals surface area (Å²) in [5.41, 5.74) is 15.0. The minimum atomic E-state index is 0.780. The second kappa shape index (κ2) is 11.1. The lowest BCUT2D eigenvalue weighted by Gasteiger charge is -2.14. The number of para-hydroxylation sites is 5. The van der Waals surface area contributed by atoms with Crippen LogP contribution in [0, 0.1) is 0 Å². The average molecular weight is 757 g/mol. The van der Waals surface area contributed by atoms with Crippen LogP contribution in [0.15, 0.2) is 174 Å². The van der Waals surface area contributed by atoms with Gasteiger partial charge in [-0.15, -0.1) is 11.3 Å². The number of hydrogen-bond acceptors (Lipinski definition) is 4. The second-order valence-corrected chi connectivity index (χ2v) is 16.3. The van der Waals surface area contributed by atoms with E-state index >= 15 is 0 Å². The largest absolute Gasteiger partial charge is 0.455 e. The van der Waals surface area contributed by atoms with E-state index < -0.39 is 0 Å². The zero-order valence-corrected chi connectivity index (χ0v) is 31.6. The number of thiophene rings is 1. The summed E-state index contributed by atoms with van der Waals surface area (Å²) in [7, 11) is 0. The van der Waals surface area contributed by atoms with Crippen LogP contribution < -0.4 is 0 Å². The summed E-state index contributed by atoms with van der Waals surface area (Å²) in [5, 5.41) is 7.99. The molecule has 0 N–H and O–H groups in total. The lowest BCUT2D eigenvalue weighted by molar-refractivity contribution is 0.669. The molecule has 1 aliphatic rings. The molecule has 5 nitrogen and oxygen atoms in total. The van der Waals surface area contributed by atoms with Crippen molar-refractivity contribution in [2.45, 2.75) is 0 Å². The molecule has 0 saturated heterocycles. The zero-order chi connectivity index (χ0) is 37.6. The van der Waals surface area contributed by atoms with Crippen LogP contribution in [0.25, 0.3) is 131 Å². The van der Waals surface area contributed by atoms with E-state index in [0.29, 0.717) is 0 Å². The predicted octanol–water partition coefficient (Wildman–Crippen LogP) is 14.3. The summed E-state index contributed by atoms with van der Waals surface area (Å²) in [6, 6.07) is 61.1. The molecule has 0 radical (unpaired) electrons. The molecule has 0 amide bonds. The summed E-state index contributed by atoms with van der Waals surface area (Å²) in [6.45, 7) is 0. The molecule has 0 spiro atoms. The Morgan fingerprint density at radius 2 is 1.05 bits per heavy atom. The van der Waals surface area contributed by atoms with Gasteiger partial charge in [0.15, 0.2) is 5.82 Å². The van der Waals surface area contributed by atoms with Crippen molar-refractivity contribution in [1.82, 2.24) is 19.1 Å². The maximum Gasteiger partial charge on any atom is 0.166 e. The molecule has 0 aliphatic carbocycles. The number of furan rings is 1. The van der Waals surface area contributed by atoms with Gasteiger partial charge >= 0.3 is 0 Å². The van der Waals surface area contributed by atoms with Crippen LogP contribution in [0.1, 0.15) is 0 Å². The Labute approximate surface area is 334 Å². The molecule has 268 valence electrons. The van der Waals surface area contributed by atoms with Crippen molar-refractivity contribution in [1.29, 1.82) is 0 Å². The summed E-state index contributed by atoms with van der Waals surface area (Å²) in [6.07, 6.45) is 0. The molecule has 58 heavy (non-hydrogen) atoms. The fraction of sp³-hybridized carbons (Fsp3) is 0. The monoisotopic (exact) mass is 756 g/mol. The number of nitrogens with zero attached hydrogens (tertiary/aromatic N) is 4. The van der Waals surface area contributed by atoms with E-state index in [1.54, 1.807) is 11.3 Å². The van der Waals surface area contributed by atoms with E-state index in [-0.39, 0.29) is 0 Å². The van der Waals surface area contributed by atoms with E-state index in [4.69, 9.17) is 14.4 Å². The molecule has 0 bridgehead atoms. The third-order valence-corrected chi connectivity index (χ3v) is 13.4. The summed E-state index contributed by atoms with van der Waals surface area (Å²) in [5.74, 6) is 0.780. The van der Waals surface area contributed by atoms with Gasteiger partial charge in [-0.05, 0) is 53.6 Å². The maximum absolute atomic E-state index is 6.69. The van der Waals surface area contributed by atoms with Crippen LogP contribution >= 0.6 is 11.3 Å². The first-order valence-electron chi connectivity index (χ1n) is 19.6. The highest BCUT2D eigenvalue weighted by Crippen LogP contribution is 2.49. The standard InChI is InChI=1S/C52H28N4OS/c1-2-14-30-29(13-1)31-15-3-7-23-41(31)55-43-27-39-32-16-4-8-24-42(32)56(44(39)28-40(43)35-20-11-19-34(30)49(35)55)51-47(53-48-37-18-6-10-26-46(37)58-52(48)54-51)38-22-12-21-36-33-17-5-9-25-45(33)57-50(36)38/h1-28H. The number of hydrogen-bond donors (Lipinski definition) is 0. The Balaban J connectivity index is 1.15. The molecule has 13 aromatic rings. The Morgan fingerprint density at radius 1 is 0.431 bits per heavy atom. The second-order valence-electron chi connectivity index (χ2n) is 15.3. The van der Waals surface area contributed by atoms with E-state index in [1.807, 2.05) is 12.1 Å². The van der Waals surface area contributed by atoms with Crippen LogP contribution in [-0.2, 0) is 0 Å². The van der Waals surface area contributed by atoms with Crippen molar-refractivity contribution in [3.8, 4) is 45.0 Å². The maximum atomic E-state index is 6.69. The highest BCUT2D eigenvalue weighted by atomic mass is 32.1. The topological polar surface area (TPSA) is 48.8 Å². The van der Waals surface area contributed by atoms with Gasteiger partial charge in [0.05, 0.1) is 27.8 Å². The Kier molecular flexibility index (Phi) is 5.85. The molecular weight excluding hydrogens is 729 g/mol. The molecular formula is C52H28N4OS. The third kappa shape index (κ3) is 3.89. The van der Waals surface area contributed by atoms with E-state index in [9.17, 15) is 0 Å². The van der Waals surface area contributed by atoms with E-state index in [1.165, 1.54) is 54.4 Å². The van der Waals surface area contributed by atoms with Crippen molar-refractivity contribution in [2.75, 3.05) is 0 Å². The minimum absolute atomic E-state index is 0.780. The molecule has 0 saturated carbocycles. The quantitative estimate of drug-likeness (QED) is 0.176. The van der Waals surface area contributed by atoms with Gasteiger partial charge in [-0.2, -0.15) is 0 Å². The molecule has 5 aromatic heterocycles. The lowest BCUT2D eigenvalue weighted by Crippen LogP contribution is -2.03. The molecule has 0 fully saturated rings. The SMILES string of the molecule is c1ccc2c(c1)-c1ccccc1-n1c3cc4c5ccccc5n(-c5nc6sc7ccccc7c6nc5-c5cccc6c5oc5ccccc56)c4cc3c3cccc-2c31. The summed E-state index contributed by atoms with van der Waals surface area (Å²) >= 11 is 1.69. The number of benzene rings is 8. The molecule has 0 atom stereocenters. The fourth-order valence-electron chi connectivity index (χ4n) is 9.86. The Morgan fingerprint density at radius 3 is 1.93 bits per heavy atom. The molecule has 6 heterocycles. The van der Waals surface area contributed by atoms with Crippen LogP contribution in [-0.4, -0.2) is 19.1 Å². The van der Waals surface area contributed by atoms with Crippen molar-refractivity contribution in [3.63, 3.8) is 0 Å². The van der Waals surface area contributed by atoms with Gasteiger partial charge in [-0.25, -0.2) is 9.97 Å². The Hall–Kier alpha value is -7.54. The molecule has 6 heteroatoms. The summed E-state index contributed by atoms with van der Waals surface area (Å²) < 4.78 is 12.7. The van der Waals surface area contributed by atoms with Gasteiger partial charge in [0.2, 0.25) is 0 Å². The molecule has 1 aliphatic heterocycles. The smallest absolute Gasteiger partial charge is 0.166 e. The normalized spacial score (nSPS) is 12.5. The molecule has 8 aromatic carbocycles. The number of rotatable bonds is 2. The van der Waals surface area contributed by atoms with E-state index in [2.05, 4.69) is 167 Å². The first kappa shape index (κ1) is 30.7. The highest BCUT2D eigenvalue weighted by Gasteiger charge is 2.27. The van der Waals surface area contributed by atoms with Gasteiger partial charge in [0.1, 0.15) is 27.2 Å². The number of aromatic nitrogens is 4. The van der Waals surface area contributed by atoms with Crippen molar-refractivity contribution >= 4 is 97.3 Å². The van der Waals surface area contributed by atoms with Crippen molar-refractivity contribution < 1.29 is 4.42 Å². The van der Waals surface area contributed by atoms with Gasteiger partial charge in [0, 0.05) is 59.1 Å². The van der Waals surface area contributed by atoms with Gasteiger partial charge in [0.25, 0.3) is 0 Å². The minimum Gasteiger partial charge on any atom is -0.455 e. The first-order chi connectivity index (χ1) is 28.8. The van der Waals surface area contributed by atoms with Gasteiger partial charge in [-0.1, -0.05) is 127 Å². The third-order valence-electron chi connectivity index (χ3n) is 12.3. The molecule has 14 rings (SSSR count). The van der Waals surface area contributed by atoms with Gasteiger partial charge < -0.3 is 8.98 Å². The van der Waals surface area contributed by atoms with Crippen molar-refractivity contribution in [3.05, 3.63) is 170 Å². The summed E-state index contributed by atoms with van der Waals surface area (Å²) in [4.78, 5) is 12.1. The lowest BCUT2D eigenvalue weighted by atomic mass is 9.94. The van der Waals surface area contributed by atoms with Crippen LogP contribution in [0.4, 0.5) is 0 Å². The Bertz CT molecular complexity index is 3940. The van der Waals surface area contributed by atoms with E-state index in [0.717, 1.165) is 76.6 Å². The fourth-order valence-corrected chi connectivity index (χ4v) is 10.9. The van der Waals surface area contributed by atoms with Crippen LogP contribution in [0.3, 0.4) is 0 Å².